The van der Waals surface area contributed by atoms with E-state index in [0.717, 1.165) is 49.5 Å². The van der Waals surface area contributed by atoms with Crippen molar-refractivity contribution in [3.63, 3.8) is 0 Å². The monoisotopic (exact) mass is 263 g/mol. The molecule has 0 saturated heterocycles. The van der Waals surface area contributed by atoms with Gasteiger partial charge in [-0.3, -0.25) is 0 Å². The topological polar surface area (TPSA) is 21.7 Å². The maximum Gasteiger partial charge on any atom is 0.123 e. The van der Waals surface area contributed by atoms with Gasteiger partial charge in [0.1, 0.15) is 11.5 Å². The minimum Gasteiger partial charge on any atom is -0.497 e. The van der Waals surface area contributed by atoms with Crippen LogP contribution in [0.4, 0.5) is 0 Å². The lowest BCUT2D eigenvalue weighted by molar-refractivity contribution is 0.290. The van der Waals surface area contributed by atoms with E-state index in [2.05, 4.69) is 25.6 Å². The Bertz CT molecular complexity index is 388. The van der Waals surface area contributed by atoms with Crippen LogP contribution >= 0.6 is 0 Å². The summed E-state index contributed by atoms with van der Waals surface area (Å²) in [6.07, 6.45) is 4.90. The summed E-state index contributed by atoms with van der Waals surface area (Å²) in [5.74, 6) is 1.79. The predicted molar refractivity (Wildman–Crippen MR) is 80.2 cm³/mol. The molecule has 0 atom stereocenters. The molecule has 3 nitrogen and oxygen atoms in total. The van der Waals surface area contributed by atoms with E-state index in [-0.39, 0.29) is 0 Å². The molecule has 0 N–H and O–H groups in total. The minimum absolute atomic E-state index is 0.754. The standard InChI is InChI=1S/C16H25NO2/c1-5-8-14-13-15(18-4)9-10-16(14)19-12-7-6-11-17(2)3/h5,9-10,13H,1,6-8,11-12H2,2-4H3. The molecular formula is C16H25NO2. The van der Waals surface area contributed by atoms with Gasteiger partial charge in [-0.25, -0.2) is 0 Å². The molecule has 0 aromatic heterocycles. The van der Waals surface area contributed by atoms with Gasteiger partial charge in [0, 0.05) is 5.56 Å². The lowest BCUT2D eigenvalue weighted by Crippen LogP contribution is -2.13. The van der Waals surface area contributed by atoms with Crippen LogP contribution in [0.25, 0.3) is 0 Å². The van der Waals surface area contributed by atoms with E-state index in [1.807, 2.05) is 24.3 Å². The predicted octanol–water partition coefficient (Wildman–Crippen LogP) is 3.14. The molecule has 106 valence electrons. The van der Waals surface area contributed by atoms with Gasteiger partial charge in [0.2, 0.25) is 0 Å². The van der Waals surface area contributed by atoms with Gasteiger partial charge < -0.3 is 14.4 Å². The fraction of sp³-hybridized carbons (Fsp3) is 0.500. The highest BCUT2D eigenvalue weighted by Crippen LogP contribution is 2.25. The first kappa shape index (κ1) is 15.6. The average Bonchev–Trinajstić information content (AvgIpc) is 2.39. The van der Waals surface area contributed by atoms with Gasteiger partial charge in [-0.2, -0.15) is 0 Å². The number of methoxy groups -OCH3 is 1. The summed E-state index contributed by atoms with van der Waals surface area (Å²) in [7, 11) is 5.85. The Labute approximate surface area is 116 Å². The van der Waals surface area contributed by atoms with Gasteiger partial charge in [-0.1, -0.05) is 6.08 Å². The quantitative estimate of drug-likeness (QED) is 0.504. The molecule has 3 heteroatoms. The smallest absolute Gasteiger partial charge is 0.123 e. The fourth-order valence-electron chi connectivity index (χ4n) is 1.85. The molecule has 0 aliphatic rings. The van der Waals surface area contributed by atoms with Crippen LogP contribution in [0.3, 0.4) is 0 Å². The number of hydrogen-bond acceptors (Lipinski definition) is 3. The SMILES string of the molecule is C=CCc1cc(OC)ccc1OCCCCN(C)C. The molecule has 19 heavy (non-hydrogen) atoms. The van der Waals surface area contributed by atoms with Crippen LogP contribution < -0.4 is 9.47 Å². The van der Waals surface area contributed by atoms with Crippen LogP contribution in [0.5, 0.6) is 11.5 Å². The highest BCUT2D eigenvalue weighted by atomic mass is 16.5. The zero-order chi connectivity index (χ0) is 14.1. The first-order valence-electron chi connectivity index (χ1n) is 6.72. The molecule has 0 heterocycles. The first-order valence-corrected chi connectivity index (χ1v) is 6.72. The van der Waals surface area contributed by atoms with E-state index in [0.29, 0.717) is 0 Å². The minimum atomic E-state index is 0.754. The lowest BCUT2D eigenvalue weighted by Gasteiger charge is -2.13. The van der Waals surface area contributed by atoms with Crippen LogP contribution in [-0.4, -0.2) is 39.3 Å². The second-order valence-corrected chi connectivity index (χ2v) is 4.83. The van der Waals surface area contributed by atoms with E-state index >= 15 is 0 Å². The Kier molecular flexibility index (Phi) is 7.04. The number of ether oxygens (including phenoxy) is 2. The van der Waals surface area contributed by atoms with Crippen LogP contribution in [0.15, 0.2) is 30.9 Å². The number of hydrogen-bond donors (Lipinski definition) is 0. The maximum absolute atomic E-state index is 5.85. The van der Waals surface area contributed by atoms with Gasteiger partial charge in [-0.15, -0.1) is 6.58 Å². The van der Waals surface area contributed by atoms with E-state index in [4.69, 9.17) is 9.47 Å². The molecule has 0 saturated carbocycles. The summed E-state index contributed by atoms with van der Waals surface area (Å²) in [5, 5.41) is 0. The molecule has 0 spiro atoms. The highest BCUT2D eigenvalue weighted by molar-refractivity contribution is 5.41. The van der Waals surface area contributed by atoms with E-state index < -0.39 is 0 Å². The fourth-order valence-corrected chi connectivity index (χ4v) is 1.85. The molecule has 1 rings (SSSR count). The Hall–Kier alpha value is -1.48. The normalized spacial score (nSPS) is 10.5. The average molecular weight is 263 g/mol. The molecular weight excluding hydrogens is 238 g/mol. The lowest BCUT2D eigenvalue weighted by atomic mass is 10.1. The molecule has 0 bridgehead atoms. The van der Waals surface area contributed by atoms with Gasteiger partial charge in [-0.05, 0) is 58.1 Å². The molecule has 0 amide bonds. The van der Waals surface area contributed by atoms with Crippen molar-refractivity contribution in [2.24, 2.45) is 0 Å². The largest absolute Gasteiger partial charge is 0.497 e. The molecule has 0 aliphatic carbocycles. The number of benzene rings is 1. The number of nitrogens with zero attached hydrogens (tertiary/aromatic N) is 1. The van der Waals surface area contributed by atoms with Crippen molar-refractivity contribution in [1.29, 1.82) is 0 Å². The third-order valence-corrected chi connectivity index (χ3v) is 2.89. The van der Waals surface area contributed by atoms with Gasteiger partial charge >= 0.3 is 0 Å². The summed E-state index contributed by atoms with van der Waals surface area (Å²) in [5.41, 5.74) is 1.13. The molecule has 0 aliphatic heterocycles. The molecule has 0 fully saturated rings. The van der Waals surface area contributed by atoms with Crippen molar-refractivity contribution in [3.05, 3.63) is 36.4 Å². The summed E-state index contributed by atoms with van der Waals surface area (Å²) < 4.78 is 11.1. The zero-order valence-corrected chi connectivity index (χ0v) is 12.3. The number of allylic oxidation sites excluding steroid dienone is 1. The van der Waals surface area contributed by atoms with E-state index in [1.165, 1.54) is 0 Å². The second-order valence-electron chi connectivity index (χ2n) is 4.83. The molecule has 0 radical (unpaired) electrons. The maximum atomic E-state index is 5.85. The van der Waals surface area contributed by atoms with Crippen LogP contribution in [0.2, 0.25) is 0 Å². The van der Waals surface area contributed by atoms with Gasteiger partial charge in [0.15, 0.2) is 0 Å². The van der Waals surface area contributed by atoms with Gasteiger partial charge in [0.25, 0.3) is 0 Å². The van der Waals surface area contributed by atoms with Gasteiger partial charge in [0.05, 0.1) is 13.7 Å². The van der Waals surface area contributed by atoms with E-state index in [9.17, 15) is 0 Å². The van der Waals surface area contributed by atoms with Crippen LogP contribution in [-0.2, 0) is 6.42 Å². The highest BCUT2D eigenvalue weighted by Gasteiger charge is 2.04. The number of rotatable bonds is 9. The van der Waals surface area contributed by atoms with Crippen molar-refractivity contribution in [2.45, 2.75) is 19.3 Å². The van der Waals surface area contributed by atoms with Crippen LogP contribution in [0.1, 0.15) is 18.4 Å². The Morgan fingerprint density at radius 1 is 1.26 bits per heavy atom. The summed E-state index contributed by atoms with van der Waals surface area (Å²) in [6.45, 7) is 5.64. The van der Waals surface area contributed by atoms with Crippen molar-refractivity contribution in [2.75, 3.05) is 34.4 Å². The molecule has 0 unspecified atom stereocenters. The van der Waals surface area contributed by atoms with Crippen molar-refractivity contribution >= 4 is 0 Å². The summed E-state index contributed by atoms with van der Waals surface area (Å²) >= 11 is 0. The van der Waals surface area contributed by atoms with E-state index in [1.54, 1.807) is 7.11 Å². The first-order chi connectivity index (χ1) is 9.17. The Morgan fingerprint density at radius 2 is 2.05 bits per heavy atom. The molecule has 1 aromatic carbocycles. The Balaban J connectivity index is 2.49. The third kappa shape index (κ3) is 5.79. The Morgan fingerprint density at radius 3 is 2.68 bits per heavy atom. The zero-order valence-electron chi connectivity index (χ0n) is 12.3. The third-order valence-electron chi connectivity index (χ3n) is 2.89. The summed E-state index contributed by atoms with van der Waals surface area (Å²) in [4.78, 5) is 2.19. The second kappa shape index (κ2) is 8.59. The van der Waals surface area contributed by atoms with Crippen molar-refractivity contribution in [1.82, 2.24) is 4.90 Å². The molecule has 1 aromatic rings. The summed E-state index contributed by atoms with van der Waals surface area (Å²) in [6, 6.07) is 5.92. The van der Waals surface area contributed by atoms with Crippen molar-refractivity contribution < 1.29 is 9.47 Å². The number of unbranched alkanes of at least 4 members (excludes halogenated alkanes) is 1. The van der Waals surface area contributed by atoms with Crippen molar-refractivity contribution in [3.8, 4) is 11.5 Å². The van der Waals surface area contributed by atoms with Crippen LogP contribution in [0, 0.1) is 0 Å².